The number of ether oxygens (including phenoxy) is 1. The first-order chi connectivity index (χ1) is 10.2. The SMILES string of the molecule is CCC(C)Oc1cccc(NCC(=O)NC2CCCC2)c1. The monoisotopic (exact) mass is 290 g/mol. The van der Waals surface area contributed by atoms with E-state index in [-0.39, 0.29) is 12.0 Å². The maximum Gasteiger partial charge on any atom is 0.239 e. The second-order valence-electron chi connectivity index (χ2n) is 5.77. The smallest absolute Gasteiger partial charge is 0.239 e. The van der Waals surface area contributed by atoms with Crippen LogP contribution in [0.3, 0.4) is 0 Å². The third kappa shape index (κ3) is 5.29. The molecule has 0 aliphatic heterocycles. The van der Waals surface area contributed by atoms with Crippen LogP contribution in [0, 0.1) is 0 Å². The van der Waals surface area contributed by atoms with E-state index in [9.17, 15) is 4.79 Å². The lowest BCUT2D eigenvalue weighted by atomic mass is 10.2. The second kappa shape index (κ2) is 7.91. The summed E-state index contributed by atoms with van der Waals surface area (Å²) < 4.78 is 5.78. The highest BCUT2D eigenvalue weighted by molar-refractivity contribution is 5.81. The number of nitrogens with one attached hydrogen (secondary N) is 2. The Labute approximate surface area is 127 Å². The Morgan fingerprint density at radius 2 is 2.14 bits per heavy atom. The highest BCUT2D eigenvalue weighted by atomic mass is 16.5. The third-order valence-electron chi connectivity index (χ3n) is 3.92. The Morgan fingerprint density at radius 3 is 2.86 bits per heavy atom. The molecule has 0 aromatic heterocycles. The minimum atomic E-state index is 0.0650. The van der Waals surface area contributed by atoms with Gasteiger partial charge in [-0.2, -0.15) is 0 Å². The lowest BCUT2D eigenvalue weighted by molar-refractivity contribution is -0.120. The van der Waals surface area contributed by atoms with E-state index in [1.807, 2.05) is 24.3 Å². The van der Waals surface area contributed by atoms with E-state index in [0.717, 1.165) is 30.7 Å². The van der Waals surface area contributed by atoms with Gasteiger partial charge in [-0.15, -0.1) is 0 Å². The zero-order valence-corrected chi connectivity index (χ0v) is 13.0. The lowest BCUT2D eigenvalue weighted by Crippen LogP contribution is -2.36. The molecule has 1 saturated carbocycles. The first-order valence-corrected chi connectivity index (χ1v) is 7.97. The first-order valence-electron chi connectivity index (χ1n) is 7.97. The maximum atomic E-state index is 11.9. The molecule has 1 aromatic rings. The van der Waals surface area contributed by atoms with Crippen molar-refractivity contribution in [3.8, 4) is 5.75 Å². The summed E-state index contributed by atoms with van der Waals surface area (Å²) in [6.45, 7) is 4.46. The quantitative estimate of drug-likeness (QED) is 0.810. The normalized spacial score (nSPS) is 16.5. The molecular weight excluding hydrogens is 264 g/mol. The number of hydrogen-bond acceptors (Lipinski definition) is 3. The Balaban J connectivity index is 1.79. The van der Waals surface area contributed by atoms with Gasteiger partial charge < -0.3 is 15.4 Å². The van der Waals surface area contributed by atoms with Gasteiger partial charge in [-0.3, -0.25) is 4.79 Å². The summed E-state index contributed by atoms with van der Waals surface area (Å²) in [7, 11) is 0. The van der Waals surface area contributed by atoms with Gasteiger partial charge in [0.2, 0.25) is 5.91 Å². The first kappa shape index (κ1) is 15.7. The molecule has 116 valence electrons. The molecule has 0 spiro atoms. The molecule has 0 bridgehead atoms. The van der Waals surface area contributed by atoms with E-state index in [4.69, 9.17) is 4.74 Å². The van der Waals surface area contributed by atoms with Crippen molar-refractivity contribution in [2.45, 2.75) is 58.1 Å². The van der Waals surface area contributed by atoms with Crippen molar-refractivity contribution in [3.63, 3.8) is 0 Å². The molecule has 2 N–H and O–H groups in total. The molecule has 1 aliphatic carbocycles. The van der Waals surface area contributed by atoms with Crippen LogP contribution in [0.25, 0.3) is 0 Å². The van der Waals surface area contributed by atoms with Crippen molar-refractivity contribution in [2.75, 3.05) is 11.9 Å². The van der Waals surface area contributed by atoms with Gasteiger partial charge in [0.15, 0.2) is 0 Å². The molecule has 0 radical (unpaired) electrons. The summed E-state index contributed by atoms with van der Waals surface area (Å²) in [5, 5.41) is 6.23. The molecule has 4 heteroatoms. The van der Waals surface area contributed by atoms with Crippen molar-refractivity contribution in [1.29, 1.82) is 0 Å². The largest absolute Gasteiger partial charge is 0.491 e. The number of carbonyl (C=O) groups is 1. The maximum absolute atomic E-state index is 11.9. The van der Waals surface area contributed by atoms with Crippen LogP contribution in [0.2, 0.25) is 0 Å². The Morgan fingerprint density at radius 1 is 1.38 bits per heavy atom. The molecule has 4 nitrogen and oxygen atoms in total. The van der Waals surface area contributed by atoms with Gasteiger partial charge in [0.1, 0.15) is 5.75 Å². The van der Waals surface area contributed by atoms with Crippen LogP contribution in [-0.2, 0) is 4.79 Å². The number of benzene rings is 1. The molecule has 1 unspecified atom stereocenters. The van der Waals surface area contributed by atoms with E-state index in [1.54, 1.807) is 0 Å². The Bertz CT molecular complexity index is 456. The molecule has 1 fully saturated rings. The van der Waals surface area contributed by atoms with Crippen LogP contribution >= 0.6 is 0 Å². The summed E-state index contributed by atoms with van der Waals surface area (Å²) in [6, 6.07) is 8.14. The lowest BCUT2D eigenvalue weighted by Gasteiger charge is -2.15. The third-order valence-corrected chi connectivity index (χ3v) is 3.92. The highest BCUT2D eigenvalue weighted by Crippen LogP contribution is 2.19. The fourth-order valence-corrected chi connectivity index (χ4v) is 2.53. The number of carbonyl (C=O) groups excluding carboxylic acids is 1. The van der Waals surface area contributed by atoms with Crippen LogP contribution in [0.1, 0.15) is 46.0 Å². The van der Waals surface area contributed by atoms with Gasteiger partial charge in [-0.05, 0) is 38.3 Å². The average Bonchev–Trinajstić information content (AvgIpc) is 2.98. The number of amides is 1. The Kier molecular flexibility index (Phi) is 5.90. The van der Waals surface area contributed by atoms with Crippen LogP contribution in [0.15, 0.2) is 24.3 Å². The fourth-order valence-electron chi connectivity index (χ4n) is 2.53. The van der Waals surface area contributed by atoms with E-state index >= 15 is 0 Å². The minimum Gasteiger partial charge on any atom is -0.491 e. The predicted octanol–water partition coefficient (Wildman–Crippen LogP) is 3.33. The predicted molar refractivity (Wildman–Crippen MR) is 85.7 cm³/mol. The summed E-state index contributed by atoms with van der Waals surface area (Å²) in [6.07, 6.45) is 5.86. The van der Waals surface area contributed by atoms with E-state index < -0.39 is 0 Å². The van der Waals surface area contributed by atoms with Crippen LogP contribution < -0.4 is 15.4 Å². The van der Waals surface area contributed by atoms with Gasteiger partial charge in [-0.1, -0.05) is 25.8 Å². The molecule has 1 atom stereocenters. The fraction of sp³-hybridized carbons (Fsp3) is 0.588. The van der Waals surface area contributed by atoms with Crippen LogP contribution in [0.4, 0.5) is 5.69 Å². The van der Waals surface area contributed by atoms with Crippen molar-refractivity contribution >= 4 is 11.6 Å². The average molecular weight is 290 g/mol. The molecule has 0 saturated heterocycles. The van der Waals surface area contributed by atoms with E-state index in [2.05, 4.69) is 24.5 Å². The summed E-state index contributed by atoms with van der Waals surface area (Å²) in [5.74, 6) is 0.903. The van der Waals surface area contributed by atoms with Crippen molar-refractivity contribution < 1.29 is 9.53 Å². The topological polar surface area (TPSA) is 50.4 Å². The standard InChI is InChI=1S/C17H26N2O2/c1-3-13(2)21-16-10-6-9-15(11-16)18-12-17(20)19-14-7-4-5-8-14/h6,9-11,13-14,18H,3-5,7-8,12H2,1-2H3,(H,19,20). The van der Waals surface area contributed by atoms with Gasteiger partial charge in [0.25, 0.3) is 0 Å². The Hall–Kier alpha value is -1.71. The summed E-state index contributed by atoms with van der Waals surface area (Å²) >= 11 is 0. The van der Waals surface area contributed by atoms with Crippen LogP contribution in [0.5, 0.6) is 5.75 Å². The van der Waals surface area contributed by atoms with Crippen molar-refractivity contribution in [3.05, 3.63) is 24.3 Å². The van der Waals surface area contributed by atoms with Crippen molar-refractivity contribution in [1.82, 2.24) is 5.32 Å². The van der Waals surface area contributed by atoms with E-state index in [1.165, 1.54) is 12.8 Å². The van der Waals surface area contributed by atoms with E-state index in [0.29, 0.717) is 12.6 Å². The number of anilines is 1. The molecule has 21 heavy (non-hydrogen) atoms. The zero-order chi connectivity index (χ0) is 15.1. The molecule has 1 amide bonds. The summed E-state index contributed by atoms with van der Waals surface area (Å²) in [4.78, 5) is 11.9. The molecule has 2 rings (SSSR count). The minimum absolute atomic E-state index is 0.0650. The molecule has 1 aliphatic rings. The summed E-state index contributed by atoms with van der Waals surface area (Å²) in [5.41, 5.74) is 0.914. The van der Waals surface area contributed by atoms with Gasteiger partial charge in [0.05, 0.1) is 12.6 Å². The van der Waals surface area contributed by atoms with Gasteiger partial charge in [-0.25, -0.2) is 0 Å². The van der Waals surface area contributed by atoms with Crippen LogP contribution in [-0.4, -0.2) is 24.6 Å². The van der Waals surface area contributed by atoms with Crippen molar-refractivity contribution in [2.24, 2.45) is 0 Å². The molecule has 0 heterocycles. The molecular formula is C17H26N2O2. The van der Waals surface area contributed by atoms with Gasteiger partial charge in [0, 0.05) is 17.8 Å². The number of rotatable bonds is 7. The zero-order valence-electron chi connectivity index (χ0n) is 13.0. The second-order valence-corrected chi connectivity index (χ2v) is 5.77. The molecule has 1 aromatic carbocycles. The number of hydrogen-bond donors (Lipinski definition) is 2. The highest BCUT2D eigenvalue weighted by Gasteiger charge is 2.16. The van der Waals surface area contributed by atoms with Gasteiger partial charge >= 0.3 is 0 Å².